The summed E-state index contributed by atoms with van der Waals surface area (Å²) in [7, 11) is 0. The van der Waals surface area contributed by atoms with Crippen LogP contribution in [0.2, 0.25) is 0 Å². The average Bonchev–Trinajstić information content (AvgIpc) is 2.46. The Hall–Kier alpha value is -0.970. The molecule has 0 saturated carbocycles. The van der Waals surface area contributed by atoms with E-state index < -0.39 is 6.29 Å². The number of aliphatic hydroxyl groups is 1. The second-order valence-electron chi connectivity index (χ2n) is 5.05. The van der Waals surface area contributed by atoms with E-state index in [-0.39, 0.29) is 12.4 Å². The normalized spacial score (nSPS) is 13.0. The Morgan fingerprint density at radius 1 is 1.00 bits per heavy atom. The van der Waals surface area contributed by atoms with Crippen LogP contribution in [0, 0.1) is 0 Å². The molecule has 0 aliphatic heterocycles. The summed E-state index contributed by atoms with van der Waals surface area (Å²) in [6.45, 7) is 8.75. The van der Waals surface area contributed by atoms with Crippen molar-refractivity contribution in [1.29, 1.82) is 0 Å². The Kier molecular flexibility index (Phi) is 12.2. The van der Waals surface area contributed by atoms with Crippen molar-refractivity contribution in [2.24, 2.45) is 0 Å². The number of Topliss-reactive ketones (excluding diaryl/α,β-unsaturated/α-hetero) is 1. The minimum absolute atomic E-state index is 0.00114. The zero-order valence-electron chi connectivity index (χ0n) is 13.9. The number of carbonyl (C=O) groups excluding carboxylic acids is 1. The summed E-state index contributed by atoms with van der Waals surface area (Å²) in [6, 6.07) is 0. The highest BCUT2D eigenvalue weighted by molar-refractivity contribution is 5.81. The molecule has 0 aromatic rings. The Morgan fingerprint density at radius 3 is 2.05 bits per heavy atom. The number of hydrogen-bond acceptors (Lipinski definition) is 4. The van der Waals surface area contributed by atoms with Crippen LogP contribution in [-0.2, 0) is 14.3 Å². The molecule has 0 radical (unpaired) electrons. The van der Waals surface area contributed by atoms with Crippen molar-refractivity contribution in [3.63, 3.8) is 0 Å². The van der Waals surface area contributed by atoms with Crippen molar-refractivity contribution in [3.05, 3.63) is 23.3 Å². The van der Waals surface area contributed by atoms with Crippen LogP contribution in [0.15, 0.2) is 23.3 Å². The SMILES string of the molecule is CCOC(OCC)C(=O)CC/C=C(\C)CC/C=C(\C)CO. The molecule has 4 nitrogen and oxygen atoms in total. The second kappa shape index (κ2) is 12.7. The van der Waals surface area contributed by atoms with Gasteiger partial charge in [-0.2, -0.15) is 0 Å². The molecule has 0 aliphatic rings. The molecule has 0 saturated heterocycles. The fraction of sp³-hybridized carbons (Fsp3) is 0.706. The minimum atomic E-state index is -0.719. The Labute approximate surface area is 128 Å². The van der Waals surface area contributed by atoms with Crippen LogP contribution < -0.4 is 0 Å². The molecule has 0 rings (SSSR count). The Bertz CT molecular complexity index is 339. The van der Waals surface area contributed by atoms with Crippen molar-refractivity contribution in [2.45, 2.75) is 59.7 Å². The van der Waals surface area contributed by atoms with Gasteiger partial charge < -0.3 is 14.6 Å². The topological polar surface area (TPSA) is 55.8 Å². The fourth-order valence-corrected chi connectivity index (χ4v) is 1.83. The van der Waals surface area contributed by atoms with E-state index >= 15 is 0 Å². The van der Waals surface area contributed by atoms with Gasteiger partial charge in [0.15, 0.2) is 5.78 Å². The molecule has 0 amide bonds. The fourth-order valence-electron chi connectivity index (χ4n) is 1.83. The van der Waals surface area contributed by atoms with Gasteiger partial charge in [-0.05, 0) is 47.0 Å². The van der Waals surface area contributed by atoms with Crippen LogP contribution in [-0.4, -0.2) is 37.0 Å². The van der Waals surface area contributed by atoms with Gasteiger partial charge in [0.05, 0.1) is 6.61 Å². The third kappa shape index (κ3) is 10.4. The quantitative estimate of drug-likeness (QED) is 0.443. The number of rotatable bonds is 12. The maximum absolute atomic E-state index is 11.9. The molecule has 0 aliphatic carbocycles. The van der Waals surface area contributed by atoms with E-state index in [0.29, 0.717) is 26.1 Å². The first kappa shape index (κ1) is 20.0. The Morgan fingerprint density at radius 2 is 1.52 bits per heavy atom. The van der Waals surface area contributed by atoms with E-state index in [9.17, 15) is 4.79 Å². The summed E-state index contributed by atoms with van der Waals surface area (Å²) < 4.78 is 10.6. The van der Waals surface area contributed by atoms with Gasteiger partial charge >= 0.3 is 0 Å². The standard InChI is InChI=1S/C17H30O4/c1-5-20-17(21-6-2)16(19)12-8-10-14(3)9-7-11-15(4)13-18/h10-11,17-18H,5-9,12-13H2,1-4H3/b14-10+,15-11+. The lowest BCUT2D eigenvalue weighted by Gasteiger charge is -2.15. The molecule has 21 heavy (non-hydrogen) atoms. The van der Waals surface area contributed by atoms with Crippen LogP contribution in [0.4, 0.5) is 0 Å². The summed E-state index contributed by atoms with van der Waals surface area (Å²) in [6.07, 6.45) is 6.44. The largest absolute Gasteiger partial charge is 0.392 e. The summed E-state index contributed by atoms with van der Waals surface area (Å²) in [5, 5.41) is 8.90. The molecule has 0 aromatic heterocycles. The lowest BCUT2D eigenvalue weighted by molar-refractivity contribution is -0.167. The monoisotopic (exact) mass is 298 g/mol. The number of ketones is 1. The van der Waals surface area contributed by atoms with E-state index in [4.69, 9.17) is 14.6 Å². The molecule has 0 unspecified atom stereocenters. The van der Waals surface area contributed by atoms with E-state index in [2.05, 4.69) is 13.0 Å². The lowest BCUT2D eigenvalue weighted by Crippen LogP contribution is -2.27. The van der Waals surface area contributed by atoms with Crippen molar-refractivity contribution < 1.29 is 19.4 Å². The molecule has 1 N–H and O–H groups in total. The Balaban J connectivity index is 4.08. The molecule has 122 valence electrons. The molecule has 0 fully saturated rings. The summed E-state index contributed by atoms with van der Waals surface area (Å²) in [5.41, 5.74) is 2.25. The average molecular weight is 298 g/mol. The molecule has 4 heteroatoms. The van der Waals surface area contributed by atoms with E-state index in [1.165, 1.54) is 5.57 Å². The lowest BCUT2D eigenvalue weighted by atomic mass is 10.1. The van der Waals surface area contributed by atoms with Crippen LogP contribution in [0.3, 0.4) is 0 Å². The van der Waals surface area contributed by atoms with Crippen molar-refractivity contribution in [1.82, 2.24) is 0 Å². The van der Waals surface area contributed by atoms with Gasteiger partial charge in [0.2, 0.25) is 6.29 Å². The molecular formula is C17H30O4. The smallest absolute Gasteiger partial charge is 0.217 e. The highest BCUT2D eigenvalue weighted by Gasteiger charge is 2.17. The highest BCUT2D eigenvalue weighted by atomic mass is 16.7. The van der Waals surface area contributed by atoms with Crippen LogP contribution >= 0.6 is 0 Å². The number of carbonyl (C=O) groups is 1. The van der Waals surface area contributed by atoms with Gasteiger partial charge in [0.25, 0.3) is 0 Å². The molecule has 0 spiro atoms. The van der Waals surface area contributed by atoms with Crippen molar-refractivity contribution >= 4 is 5.78 Å². The van der Waals surface area contributed by atoms with Gasteiger partial charge in [0, 0.05) is 19.6 Å². The molecular weight excluding hydrogens is 268 g/mol. The third-order valence-electron chi connectivity index (χ3n) is 3.06. The molecule has 0 bridgehead atoms. The second-order valence-corrected chi connectivity index (χ2v) is 5.05. The minimum Gasteiger partial charge on any atom is -0.392 e. The van der Waals surface area contributed by atoms with Gasteiger partial charge in [-0.25, -0.2) is 0 Å². The first-order valence-corrected chi connectivity index (χ1v) is 7.73. The number of ether oxygens (including phenoxy) is 2. The van der Waals surface area contributed by atoms with Gasteiger partial charge in [0.1, 0.15) is 0 Å². The van der Waals surface area contributed by atoms with Gasteiger partial charge in [-0.1, -0.05) is 23.3 Å². The predicted molar refractivity (Wildman–Crippen MR) is 85.1 cm³/mol. The summed E-state index contributed by atoms with van der Waals surface area (Å²) in [4.78, 5) is 11.9. The van der Waals surface area contributed by atoms with E-state index in [1.807, 2.05) is 26.8 Å². The van der Waals surface area contributed by atoms with Gasteiger partial charge in [-0.15, -0.1) is 0 Å². The zero-order chi connectivity index (χ0) is 16.1. The maximum atomic E-state index is 11.9. The number of allylic oxidation sites excluding steroid dienone is 3. The number of hydrogen-bond donors (Lipinski definition) is 1. The third-order valence-corrected chi connectivity index (χ3v) is 3.06. The van der Waals surface area contributed by atoms with Crippen LogP contribution in [0.5, 0.6) is 0 Å². The van der Waals surface area contributed by atoms with E-state index in [0.717, 1.165) is 18.4 Å². The predicted octanol–water partition coefficient (Wildman–Crippen LogP) is 3.40. The van der Waals surface area contributed by atoms with Gasteiger partial charge in [-0.3, -0.25) is 4.79 Å². The zero-order valence-corrected chi connectivity index (χ0v) is 13.9. The first-order chi connectivity index (χ1) is 10.0. The molecule has 0 atom stereocenters. The van der Waals surface area contributed by atoms with Crippen LogP contribution in [0.25, 0.3) is 0 Å². The molecule has 0 heterocycles. The van der Waals surface area contributed by atoms with Crippen molar-refractivity contribution in [3.8, 4) is 0 Å². The van der Waals surface area contributed by atoms with Crippen molar-refractivity contribution in [2.75, 3.05) is 19.8 Å². The summed E-state index contributed by atoms with van der Waals surface area (Å²) in [5.74, 6) is -0.00114. The summed E-state index contributed by atoms with van der Waals surface area (Å²) >= 11 is 0. The maximum Gasteiger partial charge on any atom is 0.217 e. The highest BCUT2D eigenvalue weighted by Crippen LogP contribution is 2.10. The van der Waals surface area contributed by atoms with E-state index in [1.54, 1.807) is 0 Å². The number of aliphatic hydroxyl groups excluding tert-OH is 1. The first-order valence-electron chi connectivity index (χ1n) is 7.73. The molecule has 0 aromatic carbocycles. The van der Waals surface area contributed by atoms with Crippen LogP contribution in [0.1, 0.15) is 53.4 Å².